The van der Waals surface area contributed by atoms with Crippen molar-refractivity contribution in [3.8, 4) is 0 Å². The lowest BCUT2D eigenvalue weighted by molar-refractivity contribution is -0.113. The molecule has 0 saturated carbocycles. The molecule has 23 heavy (non-hydrogen) atoms. The van der Waals surface area contributed by atoms with Gasteiger partial charge in [-0.05, 0) is 12.1 Å². The van der Waals surface area contributed by atoms with Gasteiger partial charge in [0.25, 0.3) is 0 Å². The van der Waals surface area contributed by atoms with Gasteiger partial charge >= 0.3 is 0 Å². The van der Waals surface area contributed by atoms with Crippen LogP contribution in [0.5, 0.6) is 0 Å². The van der Waals surface area contributed by atoms with Crippen LogP contribution in [0.4, 0.5) is 14.5 Å². The van der Waals surface area contributed by atoms with Gasteiger partial charge in [-0.25, -0.2) is 8.78 Å². The van der Waals surface area contributed by atoms with Gasteiger partial charge in [-0.15, -0.1) is 16.8 Å². The van der Waals surface area contributed by atoms with Crippen LogP contribution in [-0.2, 0) is 17.8 Å². The summed E-state index contributed by atoms with van der Waals surface area (Å²) in [6.45, 7) is 6.18. The fraction of sp³-hybridized carbons (Fsp3) is 0.267. The quantitative estimate of drug-likeness (QED) is 0.623. The minimum Gasteiger partial charge on any atom is -0.323 e. The van der Waals surface area contributed by atoms with E-state index in [-0.39, 0.29) is 11.4 Å². The third kappa shape index (κ3) is 4.38. The van der Waals surface area contributed by atoms with Crippen LogP contribution in [-0.4, -0.2) is 26.4 Å². The van der Waals surface area contributed by atoms with Crippen molar-refractivity contribution in [2.24, 2.45) is 0 Å². The molecule has 0 radical (unpaired) electrons. The van der Waals surface area contributed by atoms with Crippen molar-refractivity contribution in [3.05, 3.63) is 48.3 Å². The Labute approximate surface area is 136 Å². The van der Waals surface area contributed by atoms with Crippen LogP contribution in [0.25, 0.3) is 0 Å². The lowest BCUT2D eigenvalue weighted by Gasteiger charge is -2.08. The zero-order valence-corrected chi connectivity index (χ0v) is 13.4. The largest absolute Gasteiger partial charge is 0.323 e. The van der Waals surface area contributed by atoms with E-state index in [0.29, 0.717) is 18.1 Å². The molecule has 5 nitrogen and oxygen atoms in total. The Morgan fingerprint density at radius 1 is 1.43 bits per heavy atom. The molecule has 1 aromatic carbocycles. The number of nitrogens with zero attached hydrogens (tertiary/aromatic N) is 3. The van der Waals surface area contributed by atoms with E-state index in [2.05, 4.69) is 22.1 Å². The molecule has 2 aromatic rings. The lowest BCUT2D eigenvalue weighted by Crippen LogP contribution is -2.16. The second-order valence-corrected chi connectivity index (χ2v) is 5.56. The number of halogens is 2. The van der Waals surface area contributed by atoms with Crippen molar-refractivity contribution in [1.82, 2.24) is 14.8 Å². The minimum absolute atomic E-state index is 0.00887. The molecule has 0 atom stereocenters. The Kier molecular flexibility index (Phi) is 5.86. The normalized spacial score (nSPS) is 10.6. The molecule has 1 N–H and O–H groups in total. The van der Waals surface area contributed by atoms with E-state index in [1.54, 1.807) is 6.08 Å². The van der Waals surface area contributed by atoms with Gasteiger partial charge in [0.05, 0.1) is 11.4 Å². The highest BCUT2D eigenvalue weighted by atomic mass is 32.2. The van der Waals surface area contributed by atoms with Gasteiger partial charge in [0, 0.05) is 19.0 Å². The number of amides is 1. The van der Waals surface area contributed by atoms with E-state index in [4.69, 9.17) is 0 Å². The molecule has 1 aromatic heterocycles. The number of thioether (sulfide) groups is 1. The lowest BCUT2D eigenvalue weighted by atomic mass is 10.3. The van der Waals surface area contributed by atoms with Gasteiger partial charge in [-0.3, -0.25) is 4.79 Å². The summed E-state index contributed by atoms with van der Waals surface area (Å²) in [6, 6.07) is 2.89. The van der Waals surface area contributed by atoms with Crippen molar-refractivity contribution >= 4 is 23.4 Å². The molecule has 0 aliphatic heterocycles. The number of carbonyl (C=O) groups excluding carboxylic acids is 1. The van der Waals surface area contributed by atoms with Crippen LogP contribution < -0.4 is 5.32 Å². The molecule has 0 fully saturated rings. The Morgan fingerprint density at radius 2 is 2.22 bits per heavy atom. The summed E-state index contributed by atoms with van der Waals surface area (Å²) in [6.07, 6.45) is 2.43. The Morgan fingerprint density at radius 3 is 2.91 bits per heavy atom. The maximum atomic E-state index is 13.5. The van der Waals surface area contributed by atoms with Crippen LogP contribution in [0.15, 0.2) is 36.0 Å². The number of nitrogens with one attached hydrogen (secondary N) is 1. The molecule has 122 valence electrons. The number of aryl methyl sites for hydroxylation is 1. The van der Waals surface area contributed by atoms with Crippen molar-refractivity contribution in [2.75, 3.05) is 11.1 Å². The van der Waals surface area contributed by atoms with E-state index in [1.807, 2.05) is 11.5 Å². The van der Waals surface area contributed by atoms with Crippen molar-refractivity contribution in [3.63, 3.8) is 0 Å². The Hall–Kier alpha value is -2.22. The Bertz CT molecular complexity index is 717. The zero-order chi connectivity index (χ0) is 16.8. The number of rotatable bonds is 7. The summed E-state index contributed by atoms with van der Waals surface area (Å²) in [5.41, 5.74) is -0.183. The first-order valence-corrected chi connectivity index (χ1v) is 7.94. The zero-order valence-electron chi connectivity index (χ0n) is 12.6. The Balaban J connectivity index is 2.00. The molecule has 2 rings (SSSR count). The SMILES string of the molecule is C=CCn1c(CC)nnc1SCC(=O)Nc1cc(F)ccc1F. The van der Waals surface area contributed by atoms with E-state index in [0.717, 1.165) is 24.0 Å². The van der Waals surface area contributed by atoms with Crippen LogP contribution in [0, 0.1) is 11.6 Å². The molecule has 0 spiro atoms. The molecular formula is C15H16F2N4OS. The summed E-state index contributed by atoms with van der Waals surface area (Å²) in [5.74, 6) is -0.954. The molecule has 1 heterocycles. The van der Waals surface area contributed by atoms with Crippen molar-refractivity contribution < 1.29 is 13.6 Å². The minimum atomic E-state index is -0.687. The number of carbonyl (C=O) groups is 1. The second kappa shape index (κ2) is 7.87. The fourth-order valence-electron chi connectivity index (χ4n) is 1.91. The smallest absolute Gasteiger partial charge is 0.234 e. The first-order valence-electron chi connectivity index (χ1n) is 6.95. The highest BCUT2D eigenvalue weighted by molar-refractivity contribution is 7.99. The van der Waals surface area contributed by atoms with Gasteiger partial charge in [0.2, 0.25) is 5.91 Å². The van der Waals surface area contributed by atoms with Gasteiger partial charge < -0.3 is 9.88 Å². The average Bonchev–Trinajstić information content (AvgIpc) is 2.91. The van der Waals surface area contributed by atoms with Crippen LogP contribution in [0.3, 0.4) is 0 Å². The van der Waals surface area contributed by atoms with Crippen molar-refractivity contribution in [1.29, 1.82) is 0 Å². The summed E-state index contributed by atoms with van der Waals surface area (Å²) >= 11 is 1.17. The first-order chi connectivity index (χ1) is 11.0. The van der Waals surface area contributed by atoms with Crippen LogP contribution in [0.1, 0.15) is 12.7 Å². The summed E-state index contributed by atoms with van der Waals surface area (Å²) in [4.78, 5) is 11.9. The number of aromatic nitrogens is 3. The molecule has 1 amide bonds. The molecule has 0 saturated heterocycles. The molecule has 8 heteroatoms. The third-order valence-corrected chi connectivity index (χ3v) is 3.92. The standard InChI is InChI=1S/C15H16F2N4OS/c1-3-7-21-13(4-2)19-20-15(21)23-9-14(22)18-12-8-10(16)5-6-11(12)17/h3,5-6,8H,1,4,7,9H2,2H3,(H,18,22). The van der Waals surface area contributed by atoms with Crippen LogP contribution in [0.2, 0.25) is 0 Å². The molecule has 0 aliphatic rings. The maximum absolute atomic E-state index is 13.5. The predicted molar refractivity (Wildman–Crippen MR) is 85.3 cm³/mol. The van der Waals surface area contributed by atoms with Crippen LogP contribution >= 0.6 is 11.8 Å². The molecule has 0 unspecified atom stereocenters. The fourth-order valence-corrected chi connectivity index (χ4v) is 2.68. The van der Waals surface area contributed by atoms with E-state index >= 15 is 0 Å². The van der Waals surface area contributed by atoms with Gasteiger partial charge in [-0.1, -0.05) is 24.8 Å². The molecule has 0 aliphatic carbocycles. The number of allylic oxidation sites excluding steroid dienone is 1. The van der Waals surface area contributed by atoms with Gasteiger partial charge in [0.15, 0.2) is 5.16 Å². The first kappa shape index (κ1) is 17.1. The number of hydrogen-bond donors (Lipinski definition) is 1. The summed E-state index contributed by atoms with van der Waals surface area (Å²) in [7, 11) is 0. The van der Waals surface area contributed by atoms with Crippen molar-refractivity contribution in [2.45, 2.75) is 25.0 Å². The van der Waals surface area contributed by atoms with E-state index < -0.39 is 17.5 Å². The summed E-state index contributed by atoms with van der Waals surface area (Å²) in [5, 5.41) is 11.0. The number of anilines is 1. The maximum Gasteiger partial charge on any atom is 0.234 e. The van der Waals surface area contributed by atoms with Gasteiger partial charge in [-0.2, -0.15) is 0 Å². The predicted octanol–water partition coefficient (Wildman–Crippen LogP) is 3.04. The number of benzene rings is 1. The molecular weight excluding hydrogens is 322 g/mol. The third-order valence-electron chi connectivity index (χ3n) is 2.96. The highest BCUT2D eigenvalue weighted by Gasteiger charge is 2.13. The van der Waals surface area contributed by atoms with E-state index in [1.165, 1.54) is 11.8 Å². The molecule has 0 bridgehead atoms. The van der Waals surface area contributed by atoms with E-state index in [9.17, 15) is 13.6 Å². The average molecular weight is 338 g/mol. The van der Waals surface area contributed by atoms with Gasteiger partial charge in [0.1, 0.15) is 17.5 Å². The highest BCUT2D eigenvalue weighted by Crippen LogP contribution is 2.19. The topological polar surface area (TPSA) is 59.8 Å². The summed E-state index contributed by atoms with van der Waals surface area (Å²) < 4.78 is 28.4. The second-order valence-electron chi connectivity index (χ2n) is 4.61. The monoisotopic (exact) mass is 338 g/mol. The number of hydrogen-bond acceptors (Lipinski definition) is 4.